The first-order valence-corrected chi connectivity index (χ1v) is 14.3. The zero-order valence-corrected chi connectivity index (χ0v) is 23.9. The van der Waals surface area contributed by atoms with Crippen LogP contribution in [0.1, 0.15) is 78.5 Å². The summed E-state index contributed by atoms with van der Waals surface area (Å²) in [5.74, 6) is 0.344. The molecule has 2 heterocycles. The molecule has 1 aliphatic carbocycles. The molecule has 1 saturated heterocycles. The molecule has 0 amide bonds. The summed E-state index contributed by atoms with van der Waals surface area (Å²) < 4.78 is 123. The first-order valence-electron chi connectivity index (χ1n) is 14.3. The van der Waals surface area contributed by atoms with Crippen molar-refractivity contribution in [3.63, 3.8) is 0 Å². The molecule has 3 aromatic rings. The minimum Gasteiger partial charge on any atom is -0.330 e. The van der Waals surface area contributed by atoms with Gasteiger partial charge in [0.15, 0.2) is 0 Å². The second-order valence-electron chi connectivity index (χ2n) is 11.6. The van der Waals surface area contributed by atoms with Gasteiger partial charge in [-0.05, 0) is 83.8 Å². The van der Waals surface area contributed by atoms with Crippen LogP contribution in [0.4, 0.5) is 45.5 Å². The Kier molecular flexibility index (Phi) is 8.64. The number of halogens is 9. The lowest BCUT2D eigenvalue weighted by Gasteiger charge is -2.35. The molecule has 2 aliphatic rings. The van der Waals surface area contributed by atoms with E-state index in [2.05, 4.69) is 20.3 Å². The second-order valence-corrected chi connectivity index (χ2v) is 11.6. The van der Waals surface area contributed by atoms with Crippen LogP contribution in [0.5, 0.6) is 0 Å². The Balaban J connectivity index is 1.58. The molecule has 44 heavy (non-hydrogen) atoms. The molecule has 1 unspecified atom stereocenters. The fourth-order valence-electron chi connectivity index (χ4n) is 6.57. The van der Waals surface area contributed by atoms with Gasteiger partial charge >= 0.3 is 18.5 Å². The highest BCUT2D eigenvalue weighted by atomic mass is 19.4. The van der Waals surface area contributed by atoms with Gasteiger partial charge in [0.2, 0.25) is 0 Å². The van der Waals surface area contributed by atoms with Crippen LogP contribution >= 0.6 is 0 Å². The lowest BCUT2D eigenvalue weighted by Crippen LogP contribution is -2.34. The van der Waals surface area contributed by atoms with Crippen LogP contribution in [0.3, 0.4) is 0 Å². The molecule has 1 saturated carbocycles. The van der Waals surface area contributed by atoms with E-state index >= 15 is 0 Å². The van der Waals surface area contributed by atoms with Crippen LogP contribution < -0.4 is 4.90 Å². The highest BCUT2D eigenvalue weighted by molar-refractivity contribution is 5.42. The largest absolute Gasteiger partial charge is 0.416 e. The van der Waals surface area contributed by atoms with Crippen molar-refractivity contribution in [1.29, 1.82) is 0 Å². The molecule has 2 fully saturated rings. The Morgan fingerprint density at radius 2 is 1.52 bits per heavy atom. The number of fused-ring (bicyclic) bond motifs is 2. The Bertz CT molecular complexity index is 1430. The number of likely N-dealkylation sites (tertiary alicyclic amines) is 1. The maximum atomic E-state index is 13.9. The van der Waals surface area contributed by atoms with Gasteiger partial charge in [0.25, 0.3) is 5.95 Å². The monoisotopic (exact) mass is 634 g/mol. The molecule has 1 aromatic heterocycles. The lowest BCUT2D eigenvalue weighted by atomic mass is 9.90. The molecule has 1 aliphatic heterocycles. The van der Waals surface area contributed by atoms with E-state index in [1.807, 2.05) is 6.92 Å². The van der Waals surface area contributed by atoms with Crippen molar-refractivity contribution in [2.75, 3.05) is 11.4 Å². The average molecular weight is 635 g/mol. The van der Waals surface area contributed by atoms with Gasteiger partial charge in [-0.1, -0.05) is 24.5 Å². The fraction of sp³-hybridized carbons (Fsp3) is 0.552. The highest BCUT2D eigenvalue weighted by Gasteiger charge is 2.40. The summed E-state index contributed by atoms with van der Waals surface area (Å²) in [6.45, 7) is 1.88. The molecule has 15 heteroatoms. The van der Waals surface area contributed by atoms with Gasteiger partial charge in [-0.3, -0.25) is 4.90 Å². The van der Waals surface area contributed by atoms with E-state index in [1.165, 1.54) is 18.0 Å². The summed E-state index contributed by atoms with van der Waals surface area (Å²) in [7, 11) is 1.41. The maximum absolute atomic E-state index is 13.9. The zero-order valence-electron chi connectivity index (χ0n) is 23.9. The summed E-state index contributed by atoms with van der Waals surface area (Å²) in [6.07, 6.45) is -10.1. The van der Waals surface area contributed by atoms with E-state index in [1.54, 1.807) is 0 Å². The third-order valence-corrected chi connectivity index (χ3v) is 8.47. The minimum atomic E-state index is -5.07. The molecular weight excluding hydrogens is 603 g/mol. The first-order chi connectivity index (χ1) is 20.5. The van der Waals surface area contributed by atoms with Gasteiger partial charge in [-0.2, -0.15) is 44.3 Å². The summed E-state index contributed by atoms with van der Waals surface area (Å²) >= 11 is 0. The van der Waals surface area contributed by atoms with Crippen LogP contribution in [0.2, 0.25) is 0 Å². The predicted octanol–water partition coefficient (Wildman–Crippen LogP) is 7.80. The van der Waals surface area contributed by atoms with Gasteiger partial charge in [-0.15, -0.1) is 5.10 Å². The number of aryl methyl sites for hydroxylation is 1. The van der Waals surface area contributed by atoms with Gasteiger partial charge < -0.3 is 4.90 Å². The van der Waals surface area contributed by atoms with E-state index in [-0.39, 0.29) is 41.8 Å². The predicted molar refractivity (Wildman–Crippen MR) is 142 cm³/mol. The molecule has 2 bridgehead atoms. The lowest BCUT2D eigenvalue weighted by molar-refractivity contribution is -0.143. The standard InChI is InChI=1S/C29H31F9N6/c1-3-25(44-15-17-5-4-6-23(44)11-17)24-8-7-20(27(30,31)32)12-19(24)16-43(26-39-41-42(2)40-26)14-18-9-21(28(33,34)35)13-22(10-18)29(36,37)38/h7-10,12-13,17,23,25H,3-6,11,14-16H2,1-2H3/t17-,23+,25?/m0/s1. The molecule has 5 rings (SSSR count). The SMILES string of the molecule is CCC(c1ccc(C(F)(F)F)cc1CN(Cc1cc(C(F)(F)F)cc(C(F)(F)F)c1)c1nnn(C)n1)N1C[C@H]2CCC[C@@H]1C2. The number of hydrogen-bond donors (Lipinski definition) is 0. The van der Waals surface area contributed by atoms with Crippen LogP contribution in [0.15, 0.2) is 36.4 Å². The molecule has 3 atom stereocenters. The smallest absolute Gasteiger partial charge is 0.330 e. The van der Waals surface area contributed by atoms with Crippen molar-refractivity contribution in [3.8, 4) is 0 Å². The number of tetrazole rings is 1. The van der Waals surface area contributed by atoms with Crippen molar-refractivity contribution in [2.45, 2.75) is 82.7 Å². The molecule has 240 valence electrons. The fourth-order valence-corrected chi connectivity index (χ4v) is 6.57. The maximum Gasteiger partial charge on any atom is 0.416 e. The molecule has 0 radical (unpaired) electrons. The topological polar surface area (TPSA) is 50.1 Å². The minimum absolute atomic E-state index is 0.0253. The normalized spacial score (nSPS) is 20.2. The van der Waals surface area contributed by atoms with Crippen molar-refractivity contribution in [1.82, 2.24) is 25.1 Å². The zero-order chi connectivity index (χ0) is 32.0. The number of alkyl halides is 9. The van der Waals surface area contributed by atoms with E-state index < -0.39 is 41.8 Å². The average Bonchev–Trinajstić information content (AvgIpc) is 3.49. The third kappa shape index (κ3) is 6.97. The number of aromatic nitrogens is 4. The summed E-state index contributed by atoms with van der Waals surface area (Å²) in [5.41, 5.74) is -3.45. The van der Waals surface area contributed by atoms with Gasteiger partial charge in [0.1, 0.15) is 0 Å². The number of rotatable bonds is 8. The number of benzene rings is 2. The Morgan fingerprint density at radius 3 is 2.07 bits per heavy atom. The summed E-state index contributed by atoms with van der Waals surface area (Å²) in [6, 6.07) is 4.70. The Hall–Kier alpha value is -3.36. The second kappa shape index (κ2) is 11.9. The van der Waals surface area contributed by atoms with Crippen LogP contribution in [-0.2, 0) is 38.7 Å². The van der Waals surface area contributed by atoms with Gasteiger partial charge in [0, 0.05) is 31.7 Å². The number of anilines is 1. The van der Waals surface area contributed by atoms with Crippen LogP contribution in [0, 0.1) is 5.92 Å². The van der Waals surface area contributed by atoms with Crippen LogP contribution in [0.25, 0.3) is 0 Å². The van der Waals surface area contributed by atoms with E-state index in [9.17, 15) is 39.5 Å². The van der Waals surface area contributed by atoms with Crippen LogP contribution in [-0.4, -0.2) is 37.7 Å². The Labute approximate surface area is 247 Å². The number of nitrogens with zero attached hydrogens (tertiary/aromatic N) is 6. The first kappa shape index (κ1) is 32.0. The molecule has 0 spiro atoms. The highest BCUT2D eigenvalue weighted by Crippen LogP contribution is 2.43. The summed E-state index contributed by atoms with van der Waals surface area (Å²) in [5, 5.41) is 11.7. The summed E-state index contributed by atoms with van der Waals surface area (Å²) in [4.78, 5) is 4.62. The van der Waals surface area contributed by atoms with Crippen molar-refractivity contribution < 1.29 is 39.5 Å². The van der Waals surface area contributed by atoms with E-state index in [0.717, 1.165) is 49.2 Å². The van der Waals surface area contributed by atoms with Crippen molar-refractivity contribution >= 4 is 5.95 Å². The molecular formula is C29H31F9N6. The number of hydrogen-bond acceptors (Lipinski definition) is 5. The Morgan fingerprint density at radius 1 is 0.864 bits per heavy atom. The van der Waals surface area contributed by atoms with Crippen molar-refractivity contribution in [2.24, 2.45) is 13.0 Å². The molecule has 0 N–H and O–H groups in total. The van der Waals surface area contributed by atoms with Crippen molar-refractivity contribution in [3.05, 3.63) is 69.8 Å². The van der Waals surface area contributed by atoms with E-state index in [0.29, 0.717) is 30.0 Å². The third-order valence-electron chi connectivity index (χ3n) is 8.47. The molecule has 2 aromatic carbocycles. The molecule has 6 nitrogen and oxygen atoms in total. The van der Waals surface area contributed by atoms with Gasteiger partial charge in [0.05, 0.1) is 23.7 Å². The van der Waals surface area contributed by atoms with Gasteiger partial charge in [-0.25, -0.2) is 0 Å². The quantitative estimate of drug-likeness (QED) is 0.237. The van der Waals surface area contributed by atoms with E-state index in [4.69, 9.17) is 0 Å².